The third-order valence-corrected chi connectivity index (χ3v) is 2.36. The summed E-state index contributed by atoms with van der Waals surface area (Å²) in [6.45, 7) is 0. The molecule has 0 saturated heterocycles. The highest BCUT2D eigenvalue weighted by Gasteiger charge is 2.11. The quantitative estimate of drug-likeness (QED) is 0.409. The molecule has 0 atom stereocenters. The first-order valence-corrected chi connectivity index (χ1v) is 4.88. The normalized spacial score (nSPS) is 11.5. The second kappa shape index (κ2) is 2.66. The van der Waals surface area contributed by atoms with E-state index in [4.69, 9.17) is 16.7 Å². The van der Waals surface area contributed by atoms with Gasteiger partial charge in [-0.2, -0.15) is 0 Å². The Bertz CT molecular complexity index is 306. The van der Waals surface area contributed by atoms with Gasteiger partial charge in [-0.1, -0.05) is 6.07 Å². The van der Waals surface area contributed by atoms with E-state index in [0.717, 1.165) is 0 Å². The van der Waals surface area contributed by atoms with E-state index in [0.29, 0.717) is 11.0 Å². The molecule has 1 rings (SSSR count). The Morgan fingerprint density at radius 2 is 1.91 bits per heavy atom. The van der Waals surface area contributed by atoms with Gasteiger partial charge < -0.3 is 5.73 Å². The van der Waals surface area contributed by atoms with Gasteiger partial charge in [0.2, 0.25) is 7.44 Å². The summed E-state index contributed by atoms with van der Waals surface area (Å²) in [4.78, 5) is 0. The number of nitrogen functional groups attached to an aromatic ring is 1. The predicted molar refractivity (Wildman–Crippen MR) is 46.5 cm³/mol. The maximum atomic E-state index is 11.1. The van der Waals surface area contributed by atoms with E-state index in [1.54, 1.807) is 18.2 Å². The van der Waals surface area contributed by atoms with Gasteiger partial charge in [-0.05, 0) is 18.2 Å². The molecule has 60 valence electrons. The largest absolute Gasteiger partial charge is 0.399 e. The molecule has 0 amide bonds. The minimum Gasteiger partial charge on any atom is -0.399 e. The Labute approximate surface area is 64.9 Å². The van der Waals surface area contributed by atoms with E-state index in [2.05, 4.69) is 0 Å². The van der Waals surface area contributed by atoms with Crippen LogP contribution in [0.25, 0.3) is 0 Å². The lowest BCUT2D eigenvalue weighted by Crippen LogP contribution is -2.18. The van der Waals surface area contributed by atoms with E-state index in [1.165, 1.54) is 6.07 Å². The lowest BCUT2D eigenvalue weighted by Gasteiger charge is -2.05. The minimum absolute atomic E-state index is 0.400. The summed E-state index contributed by atoms with van der Waals surface area (Å²) in [6, 6.07) is 6.45. The van der Waals surface area contributed by atoms with Crippen molar-refractivity contribution < 1.29 is 4.57 Å². The highest BCUT2D eigenvalue weighted by Crippen LogP contribution is 2.23. The van der Waals surface area contributed by atoms with Gasteiger partial charge in [0.1, 0.15) is 0 Å². The summed E-state index contributed by atoms with van der Waals surface area (Å²) >= 11 is 0. The first-order chi connectivity index (χ1) is 5.00. The van der Waals surface area contributed by atoms with E-state index >= 15 is 0 Å². The fourth-order valence-corrected chi connectivity index (χ4v) is 1.41. The Hall–Kier alpha value is -0.830. The zero-order valence-corrected chi connectivity index (χ0v) is 6.79. The molecule has 6 N–H and O–H groups in total. The van der Waals surface area contributed by atoms with Crippen LogP contribution in [0.5, 0.6) is 0 Å². The Balaban J connectivity index is 3.17. The molecule has 1 aromatic carbocycles. The van der Waals surface area contributed by atoms with Gasteiger partial charge in [-0.25, -0.2) is 0 Å². The van der Waals surface area contributed by atoms with Crippen molar-refractivity contribution in [1.29, 1.82) is 0 Å². The van der Waals surface area contributed by atoms with Crippen LogP contribution in [0.4, 0.5) is 5.69 Å². The smallest absolute Gasteiger partial charge is 0.235 e. The van der Waals surface area contributed by atoms with Crippen LogP contribution in [-0.4, -0.2) is 0 Å². The van der Waals surface area contributed by atoms with Crippen molar-refractivity contribution in [3.05, 3.63) is 24.3 Å². The van der Waals surface area contributed by atoms with Crippen molar-refractivity contribution in [2.24, 2.45) is 11.0 Å². The number of nitrogens with two attached hydrogens (primary N) is 3. The zero-order valence-electron chi connectivity index (χ0n) is 5.90. The lowest BCUT2D eigenvalue weighted by molar-refractivity contribution is 0.583. The maximum absolute atomic E-state index is 11.1. The molecule has 0 aromatic heterocycles. The predicted octanol–water partition coefficient (Wildman–Crippen LogP) is 0.00460. The summed E-state index contributed by atoms with van der Waals surface area (Å²) in [6.07, 6.45) is 0. The molecule has 0 bridgehead atoms. The molecule has 0 aliphatic heterocycles. The fraction of sp³-hybridized carbons (Fsp3) is 0. The van der Waals surface area contributed by atoms with Gasteiger partial charge in [0, 0.05) is 11.0 Å². The average molecular weight is 171 g/mol. The minimum atomic E-state index is -3.13. The molecular weight excluding hydrogens is 161 g/mol. The summed E-state index contributed by atoms with van der Waals surface area (Å²) in [7, 11) is -3.13. The van der Waals surface area contributed by atoms with Crippen molar-refractivity contribution in [3.63, 3.8) is 0 Å². The second-order valence-electron chi connectivity index (χ2n) is 2.30. The number of hydrogen-bond acceptors (Lipinski definition) is 2. The van der Waals surface area contributed by atoms with Crippen LogP contribution in [0.3, 0.4) is 0 Å². The van der Waals surface area contributed by atoms with Crippen LogP contribution >= 0.6 is 7.44 Å². The van der Waals surface area contributed by atoms with Crippen LogP contribution < -0.4 is 22.0 Å². The standard InChI is InChI=1S/C6H10N3OP/c7-5-2-1-3-6(4-5)11(8,9)10/h1-4H,7H2,(H4,8,9,10). The van der Waals surface area contributed by atoms with Gasteiger partial charge in [0.25, 0.3) is 0 Å². The van der Waals surface area contributed by atoms with E-state index in [9.17, 15) is 4.57 Å². The molecule has 0 saturated carbocycles. The topological polar surface area (TPSA) is 95.1 Å². The molecule has 0 unspecified atom stereocenters. The van der Waals surface area contributed by atoms with Crippen molar-refractivity contribution in [2.75, 3.05) is 5.73 Å². The monoisotopic (exact) mass is 171 g/mol. The molecule has 0 fully saturated rings. The summed E-state index contributed by atoms with van der Waals surface area (Å²) < 4.78 is 11.1. The number of hydrogen-bond donors (Lipinski definition) is 3. The highest BCUT2D eigenvalue weighted by molar-refractivity contribution is 7.67. The summed E-state index contributed by atoms with van der Waals surface area (Å²) in [5.41, 5.74) is 16.3. The van der Waals surface area contributed by atoms with Crippen molar-refractivity contribution >= 4 is 18.4 Å². The molecule has 0 aliphatic carbocycles. The number of benzene rings is 1. The van der Waals surface area contributed by atoms with E-state index in [-0.39, 0.29) is 0 Å². The van der Waals surface area contributed by atoms with Crippen LogP contribution in [0.1, 0.15) is 0 Å². The molecule has 0 radical (unpaired) electrons. The SMILES string of the molecule is Nc1cccc(P(N)(N)=O)c1. The maximum Gasteiger partial charge on any atom is 0.235 e. The van der Waals surface area contributed by atoms with Gasteiger partial charge in [-0.3, -0.25) is 15.6 Å². The van der Waals surface area contributed by atoms with Crippen LogP contribution in [0.2, 0.25) is 0 Å². The molecule has 0 spiro atoms. The summed E-state index contributed by atoms with van der Waals surface area (Å²) in [5, 5.41) is 0.400. The van der Waals surface area contributed by atoms with Crippen molar-refractivity contribution in [2.45, 2.75) is 0 Å². The Morgan fingerprint density at radius 3 is 2.27 bits per heavy atom. The van der Waals surface area contributed by atoms with E-state index in [1.807, 2.05) is 0 Å². The van der Waals surface area contributed by atoms with Crippen molar-refractivity contribution in [3.8, 4) is 0 Å². The van der Waals surface area contributed by atoms with Gasteiger partial charge in [-0.15, -0.1) is 0 Å². The molecule has 11 heavy (non-hydrogen) atoms. The molecular formula is C6H10N3OP. The third kappa shape index (κ3) is 2.05. The van der Waals surface area contributed by atoms with E-state index < -0.39 is 7.44 Å². The molecule has 5 heteroatoms. The third-order valence-electron chi connectivity index (χ3n) is 1.27. The summed E-state index contributed by atoms with van der Waals surface area (Å²) in [5.74, 6) is 0. The molecule has 1 aromatic rings. The molecule has 0 aliphatic rings. The van der Waals surface area contributed by atoms with Crippen LogP contribution in [-0.2, 0) is 4.57 Å². The van der Waals surface area contributed by atoms with Gasteiger partial charge >= 0.3 is 0 Å². The molecule has 4 nitrogen and oxygen atoms in total. The highest BCUT2D eigenvalue weighted by atomic mass is 31.2. The van der Waals surface area contributed by atoms with Gasteiger partial charge in [0.15, 0.2) is 0 Å². The van der Waals surface area contributed by atoms with Gasteiger partial charge in [0.05, 0.1) is 0 Å². The first-order valence-electron chi connectivity index (χ1n) is 3.03. The molecule has 0 heterocycles. The van der Waals surface area contributed by atoms with Crippen LogP contribution in [0.15, 0.2) is 24.3 Å². The fourth-order valence-electron chi connectivity index (χ4n) is 0.742. The second-order valence-corrected chi connectivity index (χ2v) is 4.24. The average Bonchev–Trinajstić information content (AvgIpc) is 1.86. The van der Waals surface area contributed by atoms with Crippen molar-refractivity contribution in [1.82, 2.24) is 0 Å². The van der Waals surface area contributed by atoms with Crippen LogP contribution in [0, 0.1) is 0 Å². The lowest BCUT2D eigenvalue weighted by atomic mass is 10.3. The zero-order chi connectivity index (χ0) is 8.48. The number of rotatable bonds is 1. The first kappa shape index (κ1) is 8.27. The Kier molecular flexibility index (Phi) is 2.00. The Morgan fingerprint density at radius 1 is 1.27 bits per heavy atom. The number of anilines is 1.